The van der Waals surface area contributed by atoms with Gasteiger partial charge in [-0.3, -0.25) is 0 Å². The first-order valence-corrected chi connectivity index (χ1v) is 4.43. The molecular formula is C8H20ClN3O. The molecule has 0 aliphatic carbocycles. The van der Waals surface area contributed by atoms with Crippen molar-refractivity contribution in [2.24, 2.45) is 0 Å². The highest BCUT2D eigenvalue weighted by Crippen LogP contribution is 2.33. The van der Waals surface area contributed by atoms with Gasteiger partial charge in [0.25, 0.3) is 0 Å². The monoisotopic (exact) mass is 209 g/mol. The summed E-state index contributed by atoms with van der Waals surface area (Å²) in [7, 11) is 2.20. The summed E-state index contributed by atoms with van der Waals surface area (Å²) in [4.78, 5) is 2.47. The van der Waals surface area contributed by atoms with E-state index in [0.717, 1.165) is 24.9 Å². The molecule has 0 spiro atoms. The third-order valence-corrected chi connectivity index (χ3v) is 3.28. The lowest BCUT2D eigenvalue weighted by Gasteiger charge is -2.35. The Kier molecular flexibility index (Phi) is 5.17. The summed E-state index contributed by atoms with van der Waals surface area (Å²) in [6.45, 7) is 0. The molecule has 2 aliphatic rings. The summed E-state index contributed by atoms with van der Waals surface area (Å²) in [5.41, 5.74) is 2.40. The molecule has 0 amide bonds. The van der Waals surface area contributed by atoms with Gasteiger partial charge in [0, 0.05) is 18.1 Å². The molecule has 0 aromatic carbocycles. The molecule has 2 aliphatic heterocycles. The molecule has 0 aromatic rings. The summed E-state index contributed by atoms with van der Waals surface area (Å²) in [6, 6.07) is 1.79. The summed E-state index contributed by atoms with van der Waals surface area (Å²) >= 11 is 0. The van der Waals surface area contributed by atoms with Crippen LogP contribution < -0.4 is 11.6 Å². The van der Waals surface area contributed by atoms with Gasteiger partial charge < -0.3 is 16.3 Å². The number of hydrogen-bond donors (Lipinski definition) is 3. The fourth-order valence-electron chi connectivity index (χ4n) is 2.52. The van der Waals surface area contributed by atoms with E-state index >= 15 is 0 Å². The van der Waals surface area contributed by atoms with Gasteiger partial charge >= 0.3 is 0 Å². The molecule has 2 atom stereocenters. The first-order valence-electron chi connectivity index (χ1n) is 4.43. The first kappa shape index (κ1) is 13.1. The van der Waals surface area contributed by atoms with Gasteiger partial charge in [-0.25, -0.2) is 5.48 Å². The molecule has 2 unspecified atom stereocenters. The van der Waals surface area contributed by atoms with E-state index in [9.17, 15) is 0 Å². The van der Waals surface area contributed by atoms with E-state index in [4.69, 9.17) is 5.21 Å². The number of nitrogens with one attached hydrogen (secondary N) is 1. The number of rotatable bonds is 1. The highest BCUT2D eigenvalue weighted by Gasteiger charge is 2.37. The molecule has 2 saturated heterocycles. The minimum absolute atomic E-state index is 0. The smallest absolute Gasteiger partial charge is 0.0349 e. The number of nitrogens with zero attached hydrogens (tertiary/aromatic N) is 1. The van der Waals surface area contributed by atoms with E-state index in [1.54, 1.807) is 0 Å². The van der Waals surface area contributed by atoms with Gasteiger partial charge in [0.1, 0.15) is 0 Å². The van der Waals surface area contributed by atoms with Crippen molar-refractivity contribution in [2.45, 2.75) is 43.8 Å². The molecule has 2 fully saturated rings. The van der Waals surface area contributed by atoms with E-state index in [2.05, 4.69) is 17.4 Å². The summed E-state index contributed by atoms with van der Waals surface area (Å²) < 4.78 is 0. The van der Waals surface area contributed by atoms with Gasteiger partial charge in [0.05, 0.1) is 0 Å². The molecule has 13 heavy (non-hydrogen) atoms. The average molecular weight is 210 g/mol. The van der Waals surface area contributed by atoms with Crippen molar-refractivity contribution < 1.29 is 5.21 Å². The van der Waals surface area contributed by atoms with Gasteiger partial charge in [0.2, 0.25) is 0 Å². The van der Waals surface area contributed by atoms with Crippen LogP contribution in [0.4, 0.5) is 0 Å². The second-order valence-electron chi connectivity index (χ2n) is 3.85. The molecule has 0 radical (unpaired) electrons. The molecule has 2 bridgehead atoms. The molecule has 0 aromatic heterocycles. The largest absolute Gasteiger partial charge is 0.344 e. The Morgan fingerprint density at radius 1 is 1.23 bits per heavy atom. The SMILES string of the molecule is CN1C2CCC1CC(NO)C2.Cl.N. The zero-order chi connectivity index (χ0) is 7.84. The van der Waals surface area contributed by atoms with E-state index in [1.165, 1.54) is 12.8 Å². The van der Waals surface area contributed by atoms with Gasteiger partial charge in [-0.1, -0.05) is 0 Å². The minimum atomic E-state index is 0. The predicted molar refractivity (Wildman–Crippen MR) is 54.8 cm³/mol. The molecule has 2 rings (SSSR count). The number of fused-ring (bicyclic) bond motifs is 2. The fourth-order valence-corrected chi connectivity index (χ4v) is 2.52. The van der Waals surface area contributed by atoms with Crippen molar-refractivity contribution in [3.05, 3.63) is 0 Å². The first-order chi connectivity index (χ1) is 5.31. The van der Waals surface area contributed by atoms with Crippen LogP contribution in [0.15, 0.2) is 0 Å². The molecular weight excluding hydrogens is 190 g/mol. The Balaban J connectivity index is 0.000000720. The number of piperidine rings is 1. The average Bonchev–Trinajstić information content (AvgIpc) is 2.26. The van der Waals surface area contributed by atoms with Crippen molar-refractivity contribution in [3.63, 3.8) is 0 Å². The van der Waals surface area contributed by atoms with Crippen LogP contribution >= 0.6 is 12.4 Å². The fraction of sp³-hybridized carbons (Fsp3) is 1.00. The topological polar surface area (TPSA) is 70.5 Å². The Labute approximate surface area is 85.6 Å². The molecule has 2 heterocycles. The van der Waals surface area contributed by atoms with Gasteiger partial charge in [-0.2, -0.15) is 0 Å². The number of hydrogen-bond acceptors (Lipinski definition) is 4. The van der Waals surface area contributed by atoms with Crippen molar-refractivity contribution >= 4 is 12.4 Å². The maximum atomic E-state index is 8.77. The summed E-state index contributed by atoms with van der Waals surface area (Å²) in [6.07, 6.45) is 4.87. The maximum Gasteiger partial charge on any atom is 0.0349 e. The van der Waals surface area contributed by atoms with Crippen molar-refractivity contribution in [1.29, 1.82) is 0 Å². The van der Waals surface area contributed by atoms with Crippen LogP contribution in [0.5, 0.6) is 0 Å². The normalized spacial score (nSPS) is 37.8. The van der Waals surface area contributed by atoms with Crippen LogP contribution in [-0.4, -0.2) is 35.3 Å². The van der Waals surface area contributed by atoms with Gasteiger partial charge in [-0.05, 0) is 32.7 Å². The highest BCUT2D eigenvalue weighted by molar-refractivity contribution is 5.85. The van der Waals surface area contributed by atoms with E-state index in [-0.39, 0.29) is 18.6 Å². The Morgan fingerprint density at radius 3 is 2.08 bits per heavy atom. The standard InChI is InChI=1S/C8H16N2O.ClH.H3N/c1-10-7-2-3-8(10)5-6(4-7)9-11;;/h6-9,11H,2-5H2,1H3;1H;1H3. The third kappa shape index (κ3) is 2.33. The maximum absolute atomic E-state index is 8.77. The molecule has 4 nitrogen and oxygen atoms in total. The highest BCUT2D eigenvalue weighted by atomic mass is 35.5. The van der Waals surface area contributed by atoms with E-state index in [1.807, 2.05) is 0 Å². The minimum Gasteiger partial charge on any atom is -0.344 e. The lowest BCUT2D eigenvalue weighted by molar-refractivity contribution is 0.0608. The lowest BCUT2D eigenvalue weighted by Crippen LogP contribution is -2.46. The zero-order valence-corrected chi connectivity index (χ0v) is 8.89. The summed E-state index contributed by atoms with van der Waals surface area (Å²) in [5.74, 6) is 0. The van der Waals surface area contributed by atoms with Crippen LogP contribution in [0.25, 0.3) is 0 Å². The second-order valence-corrected chi connectivity index (χ2v) is 3.85. The molecule has 5 N–H and O–H groups in total. The Morgan fingerprint density at radius 2 is 1.69 bits per heavy atom. The van der Waals surface area contributed by atoms with Crippen LogP contribution in [0.3, 0.4) is 0 Å². The van der Waals surface area contributed by atoms with Crippen molar-refractivity contribution in [1.82, 2.24) is 16.5 Å². The predicted octanol–water partition coefficient (Wildman–Crippen LogP) is 1.17. The Bertz CT molecular complexity index is 144. The quantitative estimate of drug-likeness (QED) is 0.568. The third-order valence-electron chi connectivity index (χ3n) is 3.28. The lowest BCUT2D eigenvalue weighted by atomic mass is 9.99. The van der Waals surface area contributed by atoms with Crippen LogP contribution in [0, 0.1) is 0 Å². The van der Waals surface area contributed by atoms with Crippen LogP contribution in [0.1, 0.15) is 25.7 Å². The van der Waals surface area contributed by atoms with Gasteiger partial charge in [0.15, 0.2) is 0 Å². The molecule has 0 saturated carbocycles. The number of hydroxylamine groups is 1. The van der Waals surface area contributed by atoms with Crippen molar-refractivity contribution in [2.75, 3.05) is 7.05 Å². The second kappa shape index (κ2) is 5.12. The Hall–Kier alpha value is 0.130. The van der Waals surface area contributed by atoms with Crippen LogP contribution in [0.2, 0.25) is 0 Å². The van der Waals surface area contributed by atoms with Crippen molar-refractivity contribution in [3.8, 4) is 0 Å². The van der Waals surface area contributed by atoms with E-state index in [0.29, 0.717) is 6.04 Å². The molecule has 80 valence electrons. The van der Waals surface area contributed by atoms with E-state index < -0.39 is 0 Å². The summed E-state index contributed by atoms with van der Waals surface area (Å²) in [5, 5.41) is 8.77. The molecule has 5 heteroatoms. The van der Waals surface area contributed by atoms with Crippen LogP contribution in [-0.2, 0) is 0 Å². The number of halogens is 1. The zero-order valence-electron chi connectivity index (χ0n) is 8.07. The van der Waals surface area contributed by atoms with Gasteiger partial charge in [-0.15, -0.1) is 12.4 Å².